The van der Waals surface area contributed by atoms with E-state index in [0.29, 0.717) is 23.7 Å². The molecule has 1 saturated carbocycles. The van der Waals surface area contributed by atoms with Gasteiger partial charge in [0.25, 0.3) is 0 Å². The monoisotopic (exact) mass is 426 g/mol. The van der Waals surface area contributed by atoms with Gasteiger partial charge in [-0.2, -0.15) is 13.2 Å². The van der Waals surface area contributed by atoms with E-state index < -0.39 is 11.7 Å². The zero-order valence-electron chi connectivity index (χ0n) is 16.7. The summed E-state index contributed by atoms with van der Waals surface area (Å²) in [5.41, 5.74) is 1.73. The average Bonchev–Trinajstić information content (AvgIpc) is 3.52. The Kier molecular flexibility index (Phi) is 8.02. The summed E-state index contributed by atoms with van der Waals surface area (Å²) in [5.74, 6) is 0.897. The van der Waals surface area contributed by atoms with E-state index in [-0.39, 0.29) is 17.3 Å². The maximum atomic E-state index is 13.3. The molecule has 1 aliphatic carbocycles. The van der Waals surface area contributed by atoms with Crippen molar-refractivity contribution in [3.8, 4) is 11.5 Å². The first-order chi connectivity index (χ1) is 13.7. The molecule has 3 rings (SSSR count). The van der Waals surface area contributed by atoms with Gasteiger partial charge in [0.05, 0.1) is 12.7 Å². The van der Waals surface area contributed by atoms with Gasteiger partial charge in [0.15, 0.2) is 0 Å². The summed E-state index contributed by atoms with van der Waals surface area (Å²) in [6.07, 6.45) is -0.816. The first-order valence-electron chi connectivity index (χ1n) is 9.35. The highest BCUT2D eigenvalue weighted by molar-refractivity contribution is 7.80. The van der Waals surface area contributed by atoms with Crippen LogP contribution >= 0.6 is 12.6 Å². The molecule has 7 heteroatoms. The number of ether oxygens (including phenoxy) is 2. The van der Waals surface area contributed by atoms with Gasteiger partial charge in [0.2, 0.25) is 0 Å². The Labute approximate surface area is 174 Å². The largest absolute Gasteiger partial charge is 0.496 e. The van der Waals surface area contributed by atoms with Crippen molar-refractivity contribution in [3.05, 3.63) is 52.6 Å². The second kappa shape index (κ2) is 10.1. The molecule has 158 valence electrons. The summed E-state index contributed by atoms with van der Waals surface area (Å²) in [5, 5.41) is 0. The lowest BCUT2D eigenvalue weighted by atomic mass is 10.0. The van der Waals surface area contributed by atoms with Gasteiger partial charge in [-0.25, -0.2) is 0 Å². The standard InChI is InChI=1S/C19H19F3O2S.C3H6O/c1-11-8-17(15(9-18(11)25)19(20,21)22)24-10-14-13(12-6-7-12)4-3-5-16(14)23-2;1-2-3-4/h3-5,8-9,12,25H,6-7,10H2,1-2H3;3H,2H2,1H3. The van der Waals surface area contributed by atoms with Crippen LogP contribution in [0.4, 0.5) is 13.2 Å². The van der Waals surface area contributed by atoms with Gasteiger partial charge >= 0.3 is 6.18 Å². The van der Waals surface area contributed by atoms with Crippen molar-refractivity contribution >= 4 is 18.9 Å². The Hall–Kier alpha value is -2.15. The summed E-state index contributed by atoms with van der Waals surface area (Å²) in [6.45, 7) is 3.55. The van der Waals surface area contributed by atoms with E-state index >= 15 is 0 Å². The predicted molar refractivity (Wildman–Crippen MR) is 109 cm³/mol. The molecule has 29 heavy (non-hydrogen) atoms. The molecule has 1 aliphatic rings. The highest BCUT2D eigenvalue weighted by Crippen LogP contribution is 2.44. The molecule has 3 nitrogen and oxygen atoms in total. The summed E-state index contributed by atoms with van der Waals surface area (Å²) < 4.78 is 50.9. The number of hydrogen-bond donors (Lipinski definition) is 1. The minimum atomic E-state index is -4.50. The number of rotatable bonds is 6. The molecule has 0 bridgehead atoms. The van der Waals surface area contributed by atoms with E-state index in [9.17, 15) is 18.0 Å². The summed E-state index contributed by atoms with van der Waals surface area (Å²) in [7, 11) is 1.55. The smallest absolute Gasteiger partial charge is 0.420 e. The summed E-state index contributed by atoms with van der Waals surface area (Å²) >= 11 is 4.09. The second-order valence-electron chi connectivity index (χ2n) is 6.80. The Balaban J connectivity index is 0.000000687. The SMILES string of the molecule is CCC=O.COc1cccc(C2CC2)c1COc1cc(C)c(S)cc1C(F)(F)F. The van der Waals surface area contributed by atoms with E-state index in [4.69, 9.17) is 9.47 Å². The van der Waals surface area contributed by atoms with Crippen molar-refractivity contribution in [1.29, 1.82) is 0 Å². The molecular weight excluding hydrogens is 401 g/mol. The van der Waals surface area contributed by atoms with Gasteiger partial charge in [0, 0.05) is 16.9 Å². The third-order valence-corrected chi connectivity index (χ3v) is 5.03. The molecular formula is C22H25F3O3S. The molecule has 1 fully saturated rings. The third kappa shape index (κ3) is 6.16. The van der Waals surface area contributed by atoms with E-state index in [1.54, 1.807) is 20.1 Å². The Bertz CT molecular complexity index is 846. The number of aldehydes is 1. The number of aryl methyl sites for hydroxylation is 1. The minimum absolute atomic E-state index is 0.0320. The molecule has 0 atom stereocenters. The van der Waals surface area contributed by atoms with Crippen molar-refractivity contribution in [3.63, 3.8) is 0 Å². The zero-order chi connectivity index (χ0) is 21.6. The highest BCUT2D eigenvalue weighted by atomic mass is 32.1. The average molecular weight is 426 g/mol. The molecule has 0 heterocycles. The van der Waals surface area contributed by atoms with Crippen LogP contribution in [0.15, 0.2) is 35.2 Å². The molecule has 2 aromatic rings. The Morgan fingerprint density at radius 3 is 2.38 bits per heavy atom. The van der Waals surface area contributed by atoms with Crippen LogP contribution in [0.25, 0.3) is 0 Å². The van der Waals surface area contributed by atoms with Crippen LogP contribution in [0.1, 0.15) is 54.4 Å². The fraction of sp³-hybridized carbons (Fsp3) is 0.409. The molecule has 2 aromatic carbocycles. The quantitative estimate of drug-likeness (QED) is 0.431. The van der Waals surface area contributed by atoms with E-state index in [1.165, 1.54) is 6.07 Å². The van der Waals surface area contributed by atoms with Crippen LogP contribution in [0.2, 0.25) is 0 Å². The Morgan fingerprint density at radius 2 is 1.86 bits per heavy atom. The lowest BCUT2D eigenvalue weighted by Gasteiger charge is -2.18. The number of alkyl halides is 3. The number of thiol groups is 1. The fourth-order valence-corrected chi connectivity index (χ4v) is 3.06. The van der Waals surface area contributed by atoms with Crippen molar-refractivity contribution in [2.45, 2.75) is 56.7 Å². The van der Waals surface area contributed by atoms with Gasteiger partial charge in [-0.05, 0) is 55.0 Å². The number of halogens is 3. The van der Waals surface area contributed by atoms with Gasteiger partial charge < -0.3 is 14.3 Å². The minimum Gasteiger partial charge on any atom is -0.496 e. The molecule has 0 spiro atoms. The first-order valence-corrected chi connectivity index (χ1v) is 9.80. The molecule has 0 saturated heterocycles. The van der Waals surface area contributed by atoms with Gasteiger partial charge in [-0.15, -0.1) is 12.6 Å². The molecule has 0 amide bonds. The van der Waals surface area contributed by atoms with Crippen LogP contribution in [-0.2, 0) is 17.6 Å². The van der Waals surface area contributed by atoms with Crippen molar-refractivity contribution in [2.75, 3.05) is 7.11 Å². The molecule has 0 radical (unpaired) electrons. The predicted octanol–water partition coefficient (Wildman–Crippen LogP) is 6.36. The van der Waals surface area contributed by atoms with Crippen molar-refractivity contribution in [2.24, 2.45) is 0 Å². The van der Waals surface area contributed by atoms with Gasteiger partial charge in [-0.3, -0.25) is 0 Å². The number of hydrogen-bond acceptors (Lipinski definition) is 4. The van der Waals surface area contributed by atoms with Gasteiger partial charge in [-0.1, -0.05) is 19.1 Å². The zero-order valence-corrected chi connectivity index (χ0v) is 17.6. The van der Waals surface area contributed by atoms with Crippen LogP contribution in [0, 0.1) is 6.92 Å². The van der Waals surface area contributed by atoms with E-state index in [1.807, 2.05) is 19.1 Å². The van der Waals surface area contributed by atoms with Crippen LogP contribution in [-0.4, -0.2) is 13.4 Å². The lowest BCUT2D eigenvalue weighted by Crippen LogP contribution is -2.10. The number of methoxy groups -OCH3 is 1. The van der Waals surface area contributed by atoms with E-state index in [0.717, 1.165) is 36.3 Å². The third-order valence-electron chi connectivity index (χ3n) is 4.55. The normalized spacial score (nSPS) is 13.3. The highest BCUT2D eigenvalue weighted by Gasteiger charge is 2.35. The van der Waals surface area contributed by atoms with Crippen molar-refractivity contribution in [1.82, 2.24) is 0 Å². The molecule has 0 aliphatic heterocycles. The van der Waals surface area contributed by atoms with E-state index in [2.05, 4.69) is 12.6 Å². The molecule has 0 unspecified atom stereocenters. The van der Waals surface area contributed by atoms with Crippen molar-refractivity contribution < 1.29 is 27.4 Å². The number of carbonyl (C=O) groups is 1. The summed E-state index contributed by atoms with van der Waals surface area (Å²) in [4.78, 5) is 9.46. The maximum absolute atomic E-state index is 13.3. The Morgan fingerprint density at radius 1 is 1.21 bits per heavy atom. The fourth-order valence-electron chi connectivity index (χ4n) is 2.87. The topological polar surface area (TPSA) is 35.5 Å². The summed E-state index contributed by atoms with van der Waals surface area (Å²) in [6, 6.07) is 8.09. The molecule has 0 N–H and O–H groups in total. The first kappa shape index (κ1) is 23.1. The maximum Gasteiger partial charge on any atom is 0.420 e. The van der Waals surface area contributed by atoms with Crippen LogP contribution < -0.4 is 9.47 Å². The number of benzene rings is 2. The number of carbonyl (C=O) groups excluding carboxylic acids is 1. The second-order valence-corrected chi connectivity index (χ2v) is 7.28. The van der Waals surface area contributed by atoms with Crippen LogP contribution in [0.3, 0.4) is 0 Å². The van der Waals surface area contributed by atoms with Crippen LogP contribution in [0.5, 0.6) is 11.5 Å². The molecule has 0 aromatic heterocycles. The van der Waals surface area contributed by atoms with Gasteiger partial charge in [0.1, 0.15) is 24.4 Å². The lowest BCUT2D eigenvalue weighted by molar-refractivity contribution is -0.139.